The Bertz CT molecular complexity index is 622. The van der Waals surface area contributed by atoms with Gasteiger partial charge < -0.3 is 9.26 Å². The number of likely N-dealkylation sites (tertiary alicyclic amines) is 1. The van der Waals surface area contributed by atoms with E-state index in [1.54, 1.807) is 0 Å². The molecule has 0 aliphatic carbocycles. The molecule has 2 fully saturated rings. The SMILES string of the molecule is c1ccc(Cc2noc(C3CCCN3C3CCOCC3)n2)cc1. The van der Waals surface area contributed by atoms with E-state index in [0.717, 1.165) is 57.2 Å². The molecule has 2 aliphatic heterocycles. The van der Waals surface area contributed by atoms with Crippen LogP contribution < -0.4 is 0 Å². The first-order chi connectivity index (χ1) is 11.4. The maximum absolute atomic E-state index is 5.61. The molecule has 0 spiro atoms. The van der Waals surface area contributed by atoms with E-state index in [0.29, 0.717) is 6.04 Å². The van der Waals surface area contributed by atoms with E-state index in [1.807, 2.05) is 18.2 Å². The smallest absolute Gasteiger partial charge is 0.244 e. The van der Waals surface area contributed by atoms with Crippen LogP contribution in [0.1, 0.15) is 49.0 Å². The fourth-order valence-electron chi connectivity index (χ4n) is 3.76. The molecule has 0 saturated carbocycles. The summed E-state index contributed by atoms with van der Waals surface area (Å²) in [5.74, 6) is 1.57. The van der Waals surface area contributed by atoms with Gasteiger partial charge in [-0.15, -0.1) is 0 Å². The Morgan fingerprint density at radius 3 is 2.74 bits per heavy atom. The van der Waals surface area contributed by atoms with Crippen molar-refractivity contribution in [3.05, 3.63) is 47.6 Å². The number of hydrogen-bond donors (Lipinski definition) is 0. The third-order valence-corrected chi connectivity index (χ3v) is 4.93. The quantitative estimate of drug-likeness (QED) is 0.868. The van der Waals surface area contributed by atoms with E-state index in [4.69, 9.17) is 9.26 Å². The second kappa shape index (κ2) is 6.81. The number of hydrogen-bond acceptors (Lipinski definition) is 5. The van der Waals surface area contributed by atoms with E-state index in [1.165, 1.54) is 12.0 Å². The lowest BCUT2D eigenvalue weighted by atomic mass is 10.1. The van der Waals surface area contributed by atoms with Crippen molar-refractivity contribution in [3.8, 4) is 0 Å². The Kier molecular flexibility index (Phi) is 4.39. The second-order valence-corrected chi connectivity index (χ2v) is 6.45. The zero-order valence-electron chi connectivity index (χ0n) is 13.4. The summed E-state index contributed by atoms with van der Waals surface area (Å²) in [4.78, 5) is 7.24. The van der Waals surface area contributed by atoms with Crippen molar-refractivity contribution >= 4 is 0 Å². The van der Waals surface area contributed by atoms with Crippen LogP contribution in [0.25, 0.3) is 0 Å². The average molecular weight is 313 g/mol. The second-order valence-electron chi connectivity index (χ2n) is 6.45. The van der Waals surface area contributed by atoms with Crippen molar-refractivity contribution in [1.29, 1.82) is 0 Å². The Morgan fingerprint density at radius 1 is 1.09 bits per heavy atom. The van der Waals surface area contributed by atoms with Crippen LogP contribution in [0.2, 0.25) is 0 Å². The van der Waals surface area contributed by atoms with Crippen LogP contribution in [0.5, 0.6) is 0 Å². The van der Waals surface area contributed by atoms with Crippen molar-refractivity contribution in [2.75, 3.05) is 19.8 Å². The van der Waals surface area contributed by atoms with Gasteiger partial charge >= 0.3 is 0 Å². The van der Waals surface area contributed by atoms with E-state index in [-0.39, 0.29) is 6.04 Å². The summed E-state index contributed by atoms with van der Waals surface area (Å²) in [5, 5.41) is 4.20. The minimum atomic E-state index is 0.287. The normalized spacial score (nSPS) is 23.4. The van der Waals surface area contributed by atoms with Gasteiger partial charge in [0.1, 0.15) is 0 Å². The molecular formula is C18H23N3O2. The highest BCUT2D eigenvalue weighted by molar-refractivity contribution is 5.18. The average Bonchev–Trinajstić information content (AvgIpc) is 3.25. The highest BCUT2D eigenvalue weighted by atomic mass is 16.5. The summed E-state index contributed by atoms with van der Waals surface area (Å²) in [7, 11) is 0. The zero-order valence-corrected chi connectivity index (χ0v) is 13.4. The molecule has 2 aromatic rings. The molecule has 1 aromatic carbocycles. The minimum Gasteiger partial charge on any atom is -0.381 e. The van der Waals surface area contributed by atoms with Crippen molar-refractivity contribution in [1.82, 2.24) is 15.0 Å². The van der Waals surface area contributed by atoms with Crippen LogP contribution >= 0.6 is 0 Å². The Labute approximate surface area is 136 Å². The predicted molar refractivity (Wildman–Crippen MR) is 86.1 cm³/mol. The lowest BCUT2D eigenvalue weighted by Gasteiger charge is -2.33. The molecule has 1 aromatic heterocycles. The summed E-state index contributed by atoms with van der Waals surface area (Å²) in [6.07, 6.45) is 5.28. The van der Waals surface area contributed by atoms with Gasteiger partial charge in [-0.25, -0.2) is 0 Å². The Morgan fingerprint density at radius 2 is 1.91 bits per heavy atom. The van der Waals surface area contributed by atoms with Crippen LogP contribution in [0, 0.1) is 0 Å². The summed E-state index contributed by atoms with van der Waals surface area (Å²) < 4.78 is 11.1. The maximum atomic E-state index is 5.61. The van der Waals surface area contributed by atoms with Crippen LogP contribution in [-0.2, 0) is 11.2 Å². The largest absolute Gasteiger partial charge is 0.381 e. The summed E-state index contributed by atoms with van der Waals surface area (Å²) in [6, 6.07) is 11.2. The molecule has 2 saturated heterocycles. The number of ether oxygens (including phenoxy) is 1. The molecular weight excluding hydrogens is 290 g/mol. The first-order valence-corrected chi connectivity index (χ1v) is 8.60. The van der Waals surface area contributed by atoms with Gasteiger partial charge in [-0.2, -0.15) is 4.98 Å². The van der Waals surface area contributed by atoms with Crippen molar-refractivity contribution < 1.29 is 9.26 Å². The Hall–Kier alpha value is -1.72. The molecule has 0 radical (unpaired) electrons. The Balaban J connectivity index is 1.47. The van der Waals surface area contributed by atoms with Crippen LogP contribution in [0.3, 0.4) is 0 Å². The van der Waals surface area contributed by atoms with Gasteiger partial charge in [-0.05, 0) is 37.8 Å². The summed E-state index contributed by atoms with van der Waals surface area (Å²) in [5.41, 5.74) is 1.22. The fourth-order valence-corrected chi connectivity index (χ4v) is 3.76. The predicted octanol–water partition coefficient (Wildman–Crippen LogP) is 2.98. The molecule has 1 atom stereocenters. The van der Waals surface area contributed by atoms with Crippen LogP contribution in [-0.4, -0.2) is 40.8 Å². The number of benzene rings is 1. The minimum absolute atomic E-state index is 0.287. The summed E-state index contributed by atoms with van der Waals surface area (Å²) in [6.45, 7) is 2.87. The maximum Gasteiger partial charge on any atom is 0.244 e. The van der Waals surface area contributed by atoms with Crippen LogP contribution in [0.4, 0.5) is 0 Å². The highest BCUT2D eigenvalue weighted by Crippen LogP contribution is 2.35. The highest BCUT2D eigenvalue weighted by Gasteiger charge is 2.35. The van der Waals surface area contributed by atoms with E-state index < -0.39 is 0 Å². The molecule has 0 N–H and O–H groups in total. The molecule has 2 aliphatic rings. The molecule has 3 heterocycles. The molecule has 5 nitrogen and oxygen atoms in total. The first kappa shape index (κ1) is 14.8. The van der Waals surface area contributed by atoms with Crippen molar-refractivity contribution in [3.63, 3.8) is 0 Å². The monoisotopic (exact) mass is 313 g/mol. The lowest BCUT2D eigenvalue weighted by molar-refractivity contribution is 0.0243. The number of rotatable bonds is 4. The van der Waals surface area contributed by atoms with Gasteiger partial charge in [0, 0.05) is 25.7 Å². The molecule has 4 rings (SSSR count). The third-order valence-electron chi connectivity index (χ3n) is 4.93. The number of aromatic nitrogens is 2. The van der Waals surface area contributed by atoms with Crippen molar-refractivity contribution in [2.45, 2.75) is 44.2 Å². The number of nitrogens with zero attached hydrogens (tertiary/aromatic N) is 3. The fraction of sp³-hybridized carbons (Fsp3) is 0.556. The van der Waals surface area contributed by atoms with Gasteiger partial charge in [-0.1, -0.05) is 35.5 Å². The molecule has 5 heteroatoms. The van der Waals surface area contributed by atoms with Crippen LogP contribution in [0.15, 0.2) is 34.9 Å². The van der Waals surface area contributed by atoms with Gasteiger partial charge in [0.05, 0.1) is 6.04 Å². The van der Waals surface area contributed by atoms with E-state index in [2.05, 4.69) is 27.2 Å². The van der Waals surface area contributed by atoms with Gasteiger partial charge in [0.15, 0.2) is 5.82 Å². The standard InChI is InChI=1S/C18H23N3O2/c1-2-5-14(6-3-1)13-17-19-18(23-20-17)16-7-4-10-21(16)15-8-11-22-12-9-15/h1-3,5-6,15-16H,4,7-13H2. The topological polar surface area (TPSA) is 51.4 Å². The zero-order chi connectivity index (χ0) is 15.5. The lowest BCUT2D eigenvalue weighted by Crippen LogP contribution is -2.39. The first-order valence-electron chi connectivity index (χ1n) is 8.60. The molecule has 1 unspecified atom stereocenters. The molecule has 23 heavy (non-hydrogen) atoms. The van der Waals surface area contributed by atoms with Gasteiger partial charge in [0.25, 0.3) is 0 Å². The summed E-state index contributed by atoms with van der Waals surface area (Å²) >= 11 is 0. The molecule has 0 amide bonds. The van der Waals surface area contributed by atoms with Crippen molar-refractivity contribution in [2.24, 2.45) is 0 Å². The molecule has 0 bridgehead atoms. The van der Waals surface area contributed by atoms with Gasteiger partial charge in [0.2, 0.25) is 5.89 Å². The van der Waals surface area contributed by atoms with E-state index >= 15 is 0 Å². The van der Waals surface area contributed by atoms with E-state index in [9.17, 15) is 0 Å². The molecule has 122 valence electrons. The third kappa shape index (κ3) is 3.31. The van der Waals surface area contributed by atoms with Gasteiger partial charge in [-0.3, -0.25) is 4.90 Å².